The molecule has 1 aromatic rings. The molecule has 0 unspecified atom stereocenters. The van der Waals surface area contributed by atoms with E-state index in [1.54, 1.807) is 17.0 Å². The van der Waals surface area contributed by atoms with Crippen molar-refractivity contribution in [2.75, 3.05) is 13.1 Å². The highest BCUT2D eigenvalue weighted by atomic mass is 35.5. The normalized spacial score (nSPS) is 20.2. The van der Waals surface area contributed by atoms with Crippen molar-refractivity contribution in [3.05, 3.63) is 35.6 Å². The first-order valence-corrected chi connectivity index (χ1v) is 9.13. The van der Waals surface area contributed by atoms with E-state index in [4.69, 9.17) is 5.73 Å². The summed E-state index contributed by atoms with van der Waals surface area (Å²) >= 11 is 0. The van der Waals surface area contributed by atoms with Gasteiger partial charge >= 0.3 is 0 Å². The number of carbonyl (C=O) groups excluding carboxylic acids is 2. The fourth-order valence-corrected chi connectivity index (χ4v) is 3.77. The van der Waals surface area contributed by atoms with Crippen molar-refractivity contribution in [2.45, 2.75) is 56.5 Å². The molecule has 144 valence electrons. The lowest BCUT2D eigenvalue weighted by Gasteiger charge is -2.36. The lowest BCUT2D eigenvalue weighted by molar-refractivity contribution is -0.128. The Kier molecular flexibility index (Phi) is 7.01. The molecule has 7 heteroatoms. The number of nitrogens with one attached hydrogen (secondary N) is 1. The summed E-state index contributed by atoms with van der Waals surface area (Å²) in [5.74, 6) is -0.846. The number of likely N-dealkylation sites (tertiary alicyclic amines) is 1. The highest BCUT2D eigenvalue weighted by molar-refractivity contribution is 5.94. The van der Waals surface area contributed by atoms with E-state index < -0.39 is 11.4 Å². The number of benzene rings is 1. The third-order valence-corrected chi connectivity index (χ3v) is 5.42. The van der Waals surface area contributed by atoms with E-state index in [9.17, 15) is 14.0 Å². The van der Waals surface area contributed by atoms with Gasteiger partial charge in [0.25, 0.3) is 5.91 Å². The SMILES string of the molecule is Cl.NC1(C(=O)NC2CCN(C(=O)c3ccccc3F)CC2)CCCCC1. The topological polar surface area (TPSA) is 75.4 Å². The average Bonchev–Trinajstić information content (AvgIpc) is 2.63. The van der Waals surface area contributed by atoms with Crippen LogP contribution in [-0.2, 0) is 4.79 Å². The molecular formula is C19H27ClFN3O2. The molecule has 0 aromatic heterocycles. The first-order valence-electron chi connectivity index (χ1n) is 9.13. The van der Waals surface area contributed by atoms with Gasteiger partial charge in [-0.15, -0.1) is 12.4 Å². The molecule has 0 spiro atoms. The second-order valence-corrected chi connectivity index (χ2v) is 7.24. The van der Waals surface area contributed by atoms with Crippen LogP contribution in [0.5, 0.6) is 0 Å². The molecule has 1 aromatic carbocycles. The number of hydrogen-bond acceptors (Lipinski definition) is 3. The number of carbonyl (C=O) groups is 2. The van der Waals surface area contributed by atoms with Crippen LogP contribution in [0.4, 0.5) is 4.39 Å². The molecule has 0 radical (unpaired) electrons. The lowest BCUT2D eigenvalue weighted by Crippen LogP contribution is -2.58. The minimum Gasteiger partial charge on any atom is -0.352 e. The predicted octanol–water partition coefficient (Wildman–Crippen LogP) is 2.63. The Bertz CT molecular complexity index is 641. The predicted molar refractivity (Wildman–Crippen MR) is 101 cm³/mol. The van der Waals surface area contributed by atoms with Crippen LogP contribution in [0, 0.1) is 5.82 Å². The number of piperidine rings is 1. The number of hydrogen-bond donors (Lipinski definition) is 2. The Morgan fingerprint density at radius 2 is 1.73 bits per heavy atom. The monoisotopic (exact) mass is 383 g/mol. The molecule has 3 rings (SSSR count). The van der Waals surface area contributed by atoms with Crippen molar-refractivity contribution in [3.8, 4) is 0 Å². The molecule has 0 bridgehead atoms. The number of rotatable bonds is 3. The number of nitrogens with two attached hydrogens (primary N) is 1. The second-order valence-electron chi connectivity index (χ2n) is 7.24. The lowest BCUT2D eigenvalue weighted by atomic mass is 9.81. The molecule has 1 saturated heterocycles. The number of nitrogens with zero attached hydrogens (tertiary/aromatic N) is 1. The van der Waals surface area contributed by atoms with E-state index in [0.29, 0.717) is 25.9 Å². The van der Waals surface area contributed by atoms with Crippen LogP contribution in [0.3, 0.4) is 0 Å². The first kappa shape index (κ1) is 20.6. The molecule has 1 aliphatic heterocycles. The van der Waals surface area contributed by atoms with Crippen molar-refractivity contribution < 1.29 is 14.0 Å². The van der Waals surface area contributed by atoms with Gasteiger partial charge in [-0.1, -0.05) is 31.4 Å². The fraction of sp³-hybridized carbons (Fsp3) is 0.579. The molecule has 1 saturated carbocycles. The van der Waals surface area contributed by atoms with E-state index in [2.05, 4.69) is 5.32 Å². The Morgan fingerprint density at radius 3 is 2.35 bits per heavy atom. The molecule has 2 aliphatic rings. The van der Waals surface area contributed by atoms with Gasteiger partial charge in [-0.2, -0.15) is 0 Å². The summed E-state index contributed by atoms with van der Waals surface area (Å²) in [6.07, 6.45) is 5.96. The summed E-state index contributed by atoms with van der Waals surface area (Å²) in [6, 6.07) is 6.06. The van der Waals surface area contributed by atoms with Crippen molar-refractivity contribution >= 4 is 24.2 Å². The standard InChI is InChI=1S/C19H26FN3O2.ClH/c20-16-7-3-2-6-15(16)17(24)23-12-8-14(9-13-23)22-18(25)19(21)10-4-1-5-11-19;/h2-3,6-7,14H,1,4-5,8-13,21H2,(H,22,25);1H. The van der Waals surface area contributed by atoms with Crippen LogP contribution in [0.2, 0.25) is 0 Å². The molecule has 1 aliphatic carbocycles. The van der Waals surface area contributed by atoms with Gasteiger partial charge in [0.05, 0.1) is 11.1 Å². The van der Waals surface area contributed by atoms with Gasteiger partial charge in [-0.05, 0) is 37.8 Å². The number of amides is 2. The molecule has 1 heterocycles. The average molecular weight is 384 g/mol. The molecule has 2 fully saturated rings. The molecular weight excluding hydrogens is 357 g/mol. The van der Waals surface area contributed by atoms with E-state index >= 15 is 0 Å². The molecule has 2 amide bonds. The van der Waals surface area contributed by atoms with Crippen molar-refractivity contribution in [3.63, 3.8) is 0 Å². The zero-order valence-corrected chi connectivity index (χ0v) is 15.7. The van der Waals surface area contributed by atoms with E-state index in [1.165, 1.54) is 12.1 Å². The minimum absolute atomic E-state index is 0. The third-order valence-electron chi connectivity index (χ3n) is 5.42. The summed E-state index contributed by atoms with van der Waals surface area (Å²) in [6.45, 7) is 1.02. The highest BCUT2D eigenvalue weighted by Gasteiger charge is 2.37. The maximum atomic E-state index is 13.8. The van der Waals surface area contributed by atoms with Crippen molar-refractivity contribution in [1.29, 1.82) is 0 Å². The smallest absolute Gasteiger partial charge is 0.256 e. The summed E-state index contributed by atoms with van der Waals surface area (Å²) < 4.78 is 13.8. The van der Waals surface area contributed by atoms with Gasteiger partial charge in [0.15, 0.2) is 0 Å². The first-order chi connectivity index (χ1) is 12.0. The van der Waals surface area contributed by atoms with Crippen LogP contribution < -0.4 is 11.1 Å². The van der Waals surface area contributed by atoms with Gasteiger partial charge in [0.1, 0.15) is 5.82 Å². The molecule has 5 nitrogen and oxygen atoms in total. The summed E-state index contributed by atoms with van der Waals surface area (Å²) in [7, 11) is 0. The Labute approximate surface area is 159 Å². The quantitative estimate of drug-likeness (QED) is 0.842. The van der Waals surface area contributed by atoms with Crippen LogP contribution in [0.15, 0.2) is 24.3 Å². The summed E-state index contributed by atoms with van der Waals surface area (Å²) in [5.41, 5.74) is 5.64. The van der Waals surface area contributed by atoms with E-state index in [1.807, 2.05) is 0 Å². The maximum absolute atomic E-state index is 13.8. The van der Waals surface area contributed by atoms with Crippen LogP contribution >= 0.6 is 12.4 Å². The minimum atomic E-state index is -0.738. The molecule has 3 N–H and O–H groups in total. The van der Waals surface area contributed by atoms with Crippen molar-refractivity contribution in [1.82, 2.24) is 10.2 Å². The fourth-order valence-electron chi connectivity index (χ4n) is 3.77. The van der Waals surface area contributed by atoms with Gasteiger partial charge in [0, 0.05) is 19.1 Å². The summed E-state index contributed by atoms with van der Waals surface area (Å²) in [5, 5.41) is 3.06. The van der Waals surface area contributed by atoms with Crippen LogP contribution in [-0.4, -0.2) is 41.4 Å². The Morgan fingerprint density at radius 1 is 1.12 bits per heavy atom. The van der Waals surface area contributed by atoms with E-state index in [-0.39, 0.29) is 35.8 Å². The maximum Gasteiger partial charge on any atom is 0.256 e. The number of halogens is 2. The third kappa shape index (κ3) is 4.54. The molecule has 26 heavy (non-hydrogen) atoms. The van der Waals surface area contributed by atoms with E-state index in [0.717, 1.165) is 32.1 Å². The summed E-state index contributed by atoms with van der Waals surface area (Å²) in [4.78, 5) is 26.6. The van der Waals surface area contributed by atoms with Gasteiger partial charge in [-0.25, -0.2) is 4.39 Å². The second kappa shape index (κ2) is 8.82. The zero-order valence-electron chi connectivity index (χ0n) is 14.9. The Hall–Kier alpha value is -1.66. The largest absolute Gasteiger partial charge is 0.352 e. The van der Waals surface area contributed by atoms with Crippen molar-refractivity contribution in [2.24, 2.45) is 5.73 Å². The zero-order chi connectivity index (χ0) is 17.9. The highest BCUT2D eigenvalue weighted by Crippen LogP contribution is 2.26. The Balaban J connectivity index is 0.00000243. The molecule has 0 atom stereocenters. The van der Waals surface area contributed by atoms with Gasteiger partial charge in [0.2, 0.25) is 5.91 Å². The van der Waals surface area contributed by atoms with Crippen LogP contribution in [0.1, 0.15) is 55.3 Å². The van der Waals surface area contributed by atoms with Gasteiger partial charge in [-0.3, -0.25) is 9.59 Å². The van der Waals surface area contributed by atoms with Crippen LogP contribution in [0.25, 0.3) is 0 Å². The van der Waals surface area contributed by atoms with Gasteiger partial charge < -0.3 is 16.0 Å².